The molecule has 17 heavy (non-hydrogen) atoms. The fourth-order valence-electron chi connectivity index (χ4n) is 1.57. The minimum absolute atomic E-state index is 0.210. The number of halogens is 1. The van der Waals surface area contributed by atoms with Crippen LogP contribution in [-0.4, -0.2) is 47.2 Å². The Morgan fingerprint density at radius 2 is 2.29 bits per heavy atom. The number of hydrogen-bond donors (Lipinski definition) is 1. The van der Waals surface area contributed by atoms with Gasteiger partial charge in [0.15, 0.2) is 10.8 Å². The Labute approximate surface area is 105 Å². The van der Waals surface area contributed by atoms with E-state index >= 15 is 0 Å². The largest absolute Gasteiger partial charge is 0.349 e. The predicted molar refractivity (Wildman–Crippen MR) is 65.0 cm³/mol. The molecular formula is C11H15ClN4O. The summed E-state index contributed by atoms with van der Waals surface area (Å²) in [5.74, 6) is -0.210. The zero-order chi connectivity index (χ0) is 12.3. The molecule has 1 aliphatic carbocycles. The number of carbonyl (C=O) groups excluding carboxylic acids is 1. The van der Waals surface area contributed by atoms with E-state index in [0.717, 1.165) is 6.54 Å². The van der Waals surface area contributed by atoms with Gasteiger partial charge in [0, 0.05) is 19.1 Å². The van der Waals surface area contributed by atoms with Crippen molar-refractivity contribution in [1.29, 1.82) is 0 Å². The fraction of sp³-hybridized carbons (Fsp3) is 0.545. The molecule has 5 nitrogen and oxygen atoms in total. The highest BCUT2D eigenvalue weighted by molar-refractivity contribution is 6.29. The maximum Gasteiger partial charge on any atom is 0.271 e. The summed E-state index contributed by atoms with van der Waals surface area (Å²) in [7, 11) is 2.08. The summed E-state index contributed by atoms with van der Waals surface area (Å²) in [5, 5.41) is 10.4. The molecule has 1 N–H and O–H groups in total. The van der Waals surface area contributed by atoms with E-state index in [2.05, 4.69) is 27.5 Å². The minimum atomic E-state index is -0.210. The van der Waals surface area contributed by atoms with E-state index in [1.165, 1.54) is 12.8 Å². The van der Waals surface area contributed by atoms with Crippen molar-refractivity contribution in [3.05, 3.63) is 23.0 Å². The summed E-state index contributed by atoms with van der Waals surface area (Å²) in [5.41, 5.74) is 0.295. The average Bonchev–Trinajstić information content (AvgIpc) is 3.13. The van der Waals surface area contributed by atoms with Crippen molar-refractivity contribution in [2.75, 3.05) is 20.1 Å². The lowest BCUT2D eigenvalue weighted by Crippen LogP contribution is -2.34. The van der Waals surface area contributed by atoms with Crippen molar-refractivity contribution in [2.45, 2.75) is 18.9 Å². The molecule has 0 aromatic carbocycles. The summed E-state index contributed by atoms with van der Waals surface area (Å²) < 4.78 is 0. The average molecular weight is 255 g/mol. The molecule has 0 atom stereocenters. The maximum atomic E-state index is 11.6. The van der Waals surface area contributed by atoms with Crippen molar-refractivity contribution in [3.8, 4) is 0 Å². The number of aromatic nitrogens is 2. The number of rotatable bonds is 5. The van der Waals surface area contributed by atoms with E-state index in [1.807, 2.05) is 0 Å². The highest BCUT2D eigenvalue weighted by Gasteiger charge is 2.25. The first-order valence-corrected chi connectivity index (χ1v) is 6.02. The van der Waals surface area contributed by atoms with Crippen LogP contribution in [0.1, 0.15) is 23.3 Å². The monoisotopic (exact) mass is 254 g/mol. The fourth-order valence-corrected chi connectivity index (χ4v) is 1.67. The van der Waals surface area contributed by atoms with Gasteiger partial charge in [-0.3, -0.25) is 4.79 Å². The molecule has 1 aromatic rings. The topological polar surface area (TPSA) is 58.1 Å². The van der Waals surface area contributed by atoms with Gasteiger partial charge in [0.2, 0.25) is 0 Å². The van der Waals surface area contributed by atoms with Crippen LogP contribution in [0.4, 0.5) is 0 Å². The molecule has 1 saturated carbocycles. The van der Waals surface area contributed by atoms with Crippen LogP contribution < -0.4 is 5.32 Å². The van der Waals surface area contributed by atoms with Crippen molar-refractivity contribution < 1.29 is 4.79 Å². The van der Waals surface area contributed by atoms with Gasteiger partial charge in [-0.25, -0.2) is 0 Å². The Balaban J connectivity index is 1.74. The third kappa shape index (κ3) is 3.64. The van der Waals surface area contributed by atoms with Gasteiger partial charge in [-0.1, -0.05) is 11.6 Å². The molecule has 1 aromatic heterocycles. The van der Waals surface area contributed by atoms with Gasteiger partial charge < -0.3 is 10.2 Å². The van der Waals surface area contributed by atoms with Crippen molar-refractivity contribution in [3.63, 3.8) is 0 Å². The standard InChI is InChI=1S/C11H15ClN4O/c1-16(8-2-3-8)7-6-13-11(17)9-4-5-10(12)15-14-9/h4-5,8H,2-3,6-7H2,1H3,(H,13,17). The van der Waals surface area contributed by atoms with Gasteiger partial charge in [0.05, 0.1) is 0 Å². The Hall–Kier alpha value is -1.20. The molecule has 2 rings (SSSR count). The molecule has 0 unspecified atom stereocenters. The Bertz CT molecular complexity index is 391. The molecule has 0 spiro atoms. The molecule has 6 heteroatoms. The maximum absolute atomic E-state index is 11.6. The molecular weight excluding hydrogens is 240 g/mol. The minimum Gasteiger partial charge on any atom is -0.349 e. The molecule has 92 valence electrons. The van der Waals surface area contributed by atoms with E-state index < -0.39 is 0 Å². The first-order chi connectivity index (χ1) is 8.16. The Morgan fingerprint density at radius 1 is 1.53 bits per heavy atom. The first kappa shape index (κ1) is 12.3. The molecule has 1 fully saturated rings. The van der Waals surface area contributed by atoms with Gasteiger partial charge in [-0.05, 0) is 32.0 Å². The summed E-state index contributed by atoms with van der Waals surface area (Å²) >= 11 is 5.59. The second-order valence-corrected chi connectivity index (χ2v) is 4.60. The number of amides is 1. The summed E-state index contributed by atoms with van der Waals surface area (Å²) in [6.45, 7) is 1.48. The predicted octanol–water partition coefficient (Wildman–Crippen LogP) is 0.954. The highest BCUT2D eigenvalue weighted by Crippen LogP contribution is 2.24. The second kappa shape index (κ2) is 5.42. The lowest BCUT2D eigenvalue weighted by molar-refractivity contribution is 0.0943. The van der Waals surface area contributed by atoms with E-state index in [4.69, 9.17) is 11.6 Å². The first-order valence-electron chi connectivity index (χ1n) is 5.64. The van der Waals surface area contributed by atoms with Crippen LogP contribution in [0.25, 0.3) is 0 Å². The molecule has 1 amide bonds. The van der Waals surface area contributed by atoms with Crippen LogP contribution in [0.2, 0.25) is 5.15 Å². The lowest BCUT2D eigenvalue weighted by Gasteiger charge is -2.15. The van der Waals surface area contributed by atoms with Crippen LogP contribution in [0, 0.1) is 0 Å². The van der Waals surface area contributed by atoms with Gasteiger partial charge in [0.25, 0.3) is 5.91 Å². The SMILES string of the molecule is CN(CCNC(=O)c1ccc(Cl)nn1)C1CC1. The van der Waals surface area contributed by atoms with Crippen LogP contribution in [-0.2, 0) is 0 Å². The highest BCUT2D eigenvalue weighted by atomic mass is 35.5. The van der Waals surface area contributed by atoms with E-state index in [0.29, 0.717) is 18.3 Å². The van der Waals surface area contributed by atoms with Crippen molar-refractivity contribution in [2.24, 2.45) is 0 Å². The van der Waals surface area contributed by atoms with E-state index in [9.17, 15) is 4.79 Å². The third-order valence-corrected chi connectivity index (χ3v) is 2.99. The van der Waals surface area contributed by atoms with E-state index in [1.54, 1.807) is 12.1 Å². The van der Waals surface area contributed by atoms with E-state index in [-0.39, 0.29) is 11.1 Å². The van der Waals surface area contributed by atoms with Crippen LogP contribution >= 0.6 is 11.6 Å². The summed E-state index contributed by atoms with van der Waals surface area (Å²) in [6, 6.07) is 3.83. The lowest BCUT2D eigenvalue weighted by atomic mass is 10.3. The summed E-state index contributed by atoms with van der Waals surface area (Å²) in [4.78, 5) is 13.9. The molecule has 0 aliphatic heterocycles. The smallest absolute Gasteiger partial charge is 0.271 e. The molecule has 0 radical (unpaired) electrons. The van der Waals surface area contributed by atoms with Gasteiger partial charge in [-0.15, -0.1) is 10.2 Å². The zero-order valence-electron chi connectivity index (χ0n) is 9.69. The van der Waals surface area contributed by atoms with Gasteiger partial charge >= 0.3 is 0 Å². The van der Waals surface area contributed by atoms with Crippen molar-refractivity contribution >= 4 is 17.5 Å². The summed E-state index contributed by atoms with van der Waals surface area (Å²) in [6.07, 6.45) is 2.54. The third-order valence-electron chi connectivity index (χ3n) is 2.78. The van der Waals surface area contributed by atoms with Crippen LogP contribution in [0.3, 0.4) is 0 Å². The number of carbonyl (C=O) groups is 1. The molecule has 0 bridgehead atoms. The Kier molecular flexibility index (Phi) is 3.91. The number of nitrogens with zero attached hydrogens (tertiary/aromatic N) is 3. The second-order valence-electron chi connectivity index (χ2n) is 4.21. The van der Waals surface area contributed by atoms with Gasteiger partial charge in [0.1, 0.15) is 0 Å². The van der Waals surface area contributed by atoms with Crippen LogP contribution in [0.15, 0.2) is 12.1 Å². The van der Waals surface area contributed by atoms with Crippen LogP contribution in [0.5, 0.6) is 0 Å². The zero-order valence-corrected chi connectivity index (χ0v) is 10.4. The molecule has 1 aliphatic rings. The van der Waals surface area contributed by atoms with Gasteiger partial charge in [-0.2, -0.15) is 0 Å². The number of nitrogens with one attached hydrogen (secondary N) is 1. The number of likely N-dealkylation sites (N-methyl/N-ethyl adjacent to an activating group) is 1. The Morgan fingerprint density at radius 3 is 2.88 bits per heavy atom. The quantitative estimate of drug-likeness (QED) is 0.850. The normalized spacial score (nSPS) is 15.0. The molecule has 1 heterocycles. The molecule has 0 saturated heterocycles. The number of hydrogen-bond acceptors (Lipinski definition) is 4. The van der Waals surface area contributed by atoms with Crippen molar-refractivity contribution in [1.82, 2.24) is 20.4 Å².